The number of hydrogen-bond acceptors (Lipinski definition) is 6. The van der Waals surface area contributed by atoms with Crippen LogP contribution in [0.1, 0.15) is 47.5 Å². The van der Waals surface area contributed by atoms with E-state index in [0.717, 1.165) is 49.1 Å². The van der Waals surface area contributed by atoms with E-state index in [0.29, 0.717) is 9.22 Å². The van der Waals surface area contributed by atoms with Gasteiger partial charge in [-0.25, -0.2) is 9.78 Å². The van der Waals surface area contributed by atoms with Crippen LogP contribution in [0.25, 0.3) is 0 Å². The Morgan fingerprint density at radius 1 is 1.27 bits per heavy atom. The molecule has 2 aliphatic carbocycles. The van der Waals surface area contributed by atoms with Crippen LogP contribution in [0.5, 0.6) is 0 Å². The maximum Gasteiger partial charge on any atom is 0.322 e. The summed E-state index contributed by atoms with van der Waals surface area (Å²) in [4.78, 5) is 16.4. The normalized spacial score (nSPS) is 16.7. The number of nitrogens with one attached hydrogen (secondary N) is 1. The maximum absolute atomic E-state index is 12.4. The molecule has 1 aromatic heterocycles. The minimum Gasteiger partial charge on any atom is -0.439 e. The molecule has 26 heavy (non-hydrogen) atoms. The molecule has 0 atom stereocenters. The topological polar surface area (TPSA) is 91.7 Å². The minimum atomic E-state index is -1.84. The Morgan fingerprint density at radius 3 is 2.65 bits per heavy atom. The molecule has 6 nitrogen and oxygen atoms in total. The fraction of sp³-hybridized carbons (Fsp3) is 0.444. The van der Waals surface area contributed by atoms with E-state index in [1.165, 1.54) is 28.5 Å². The van der Waals surface area contributed by atoms with Gasteiger partial charge in [-0.3, -0.25) is 0 Å². The Labute approximate surface area is 157 Å². The number of rotatable bonds is 3. The van der Waals surface area contributed by atoms with Crippen LogP contribution in [0.15, 0.2) is 20.8 Å². The van der Waals surface area contributed by atoms with Crippen molar-refractivity contribution < 1.29 is 14.1 Å². The number of hydrogen-bond donors (Lipinski definition) is 2. The maximum atomic E-state index is 12.4. The average Bonchev–Trinajstić information content (AvgIpc) is 3.18. The molecule has 0 spiro atoms. The molecule has 0 unspecified atom stereocenters. The van der Waals surface area contributed by atoms with Crippen LogP contribution in [-0.2, 0) is 46.1 Å². The predicted octanol–water partition coefficient (Wildman–Crippen LogP) is 3.70. The van der Waals surface area contributed by atoms with E-state index in [1.54, 1.807) is 13.8 Å². The number of nitrogens with zero attached hydrogens (tertiary/aromatic N) is 2. The number of benzene rings is 1. The van der Waals surface area contributed by atoms with Gasteiger partial charge in [-0.2, -0.15) is 0 Å². The molecule has 2 aliphatic rings. The molecule has 0 fully saturated rings. The van der Waals surface area contributed by atoms with Crippen molar-refractivity contribution in [2.24, 2.45) is 4.36 Å². The van der Waals surface area contributed by atoms with Crippen LogP contribution in [0, 0.1) is 0 Å². The van der Waals surface area contributed by atoms with Gasteiger partial charge in [-0.05, 0) is 72.4 Å². The molecule has 0 bridgehead atoms. The summed E-state index contributed by atoms with van der Waals surface area (Å²) >= 11 is 1.10. The molecule has 1 heterocycles. The van der Waals surface area contributed by atoms with Gasteiger partial charge in [0.15, 0.2) is 0 Å². The second-order valence-electron chi connectivity index (χ2n) is 7.19. The standard InChI is InChI=1S/C18H20N3O3S2/c1-18(2,23)16-19-9-14(25-16)26(24)21-17(22)20-15-12-5-3-4-10(12)8-11-6-7-13(11)15/h8-9,23H,3-7H2,1-2H3,(H,20,22)/q-1. The zero-order valence-electron chi connectivity index (χ0n) is 14.7. The quantitative estimate of drug-likeness (QED) is 0.782. The first kappa shape index (κ1) is 17.6. The Bertz CT molecular complexity index is 982. The van der Waals surface area contributed by atoms with Crippen molar-refractivity contribution in [3.63, 3.8) is 0 Å². The number of urea groups is 1. The molecule has 0 radical (unpaired) electrons. The zero-order chi connectivity index (χ0) is 18.5. The Morgan fingerprint density at radius 2 is 2.00 bits per heavy atom. The second kappa shape index (κ2) is 6.44. The number of carbonyl (C=O) groups excluding carboxylic acids is 1. The molecule has 1 aromatic carbocycles. The highest BCUT2D eigenvalue weighted by molar-refractivity contribution is 7.78. The lowest BCUT2D eigenvalue weighted by Gasteiger charge is -2.25. The van der Waals surface area contributed by atoms with Crippen LogP contribution in [-0.4, -0.2) is 16.1 Å². The SMILES string of the molecule is CC(C)(O)c1ncc([S-](=O)=NC(=O)Nc2c3c(cc4c2CC4)CCC3)s1. The van der Waals surface area contributed by atoms with Crippen LogP contribution < -0.4 is 5.32 Å². The summed E-state index contributed by atoms with van der Waals surface area (Å²) < 4.78 is 16.5. The van der Waals surface area contributed by atoms with Crippen molar-refractivity contribution in [3.8, 4) is 0 Å². The minimum absolute atomic E-state index is 0.351. The largest absolute Gasteiger partial charge is 0.439 e. The summed E-state index contributed by atoms with van der Waals surface area (Å²) in [7, 11) is -1.84. The molecule has 8 heteroatoms. The van der Waals surface area contributed by atoms with Crippen LogP contribution in [0.4, 0.5) is 10.5 Å². The van der Waals surface area contributed by atoms with E-state index < -0.39 is 22.2 Å². The number of carbonyl (C=O) groups is 1. The molecule has 2 aromatic rings. The van der Waals surface area contributed by atoms with Crippen molar-refractivity contribution in [3.05, 3.63) is 39.5 Å². The number of fused-ring (bicyclic) bond motifs is 2. The first-order valence-electron chi connectivity index (χ1n) is 8.62. The van der Waals surface area contributed by atoms with Crippen molar-refractivity contribution in [2.75, 3.05) is 5.32 Å². The van der Waals surface area contributed by atoms with Gasteiger partial charge in [0, 0.05) is 11.9 Å². The van der Waals surface area contributed by atoms with Gasteiger partial charge in [-0.1, -0.05) is 6.07 Å². The van der Waals surface area contributed by atoms with Gasteiger partial charge in [0.05, 0.1) is 0 Å². The van der Waals surface area contributed by atoms with Crippen LogP contribution in [0.3, 0.4) is 0 Å². The summed E-state index contributed by atoms with van der Waals surface area (Å²) in [5, 5.41) is 13.3. The van der Waals surface area contributed by atoms with E-state index in [2.05, 4.69) is 20.7 Å². The van der Waals surface area contributed by atoms with Gasteiger partial charge < -0.3 is 19.0 Å². The summed E-state index contributed by atoms with van der Waals surface area (Å²) in [6, 6.07) is 1.66. The van der Waals surface area contributed by atoms with Crippen molar-refractivity contribution in [2.45, 2.75) is 55.8 Å². The first-order valence-corrected chi connectivity index (χ1v) is 10.5. The lowest BCUT2D eigenvalue weighted by molar-refractivity contribution is 0.0783. The lowest BCUT2D eigenvalue weighted by Crippen LogP contribution is -2.18. The number of aryl methyl sites for hydroxylation is 2. The number of anilines is 1. The fourth-order valence-corrected chi connectivity index (χ4v) is 5.18. The van der Waals surface area contributed by atoms with Crippen molar-refractivity contribution in [1.29, 1.82) is 0 Å². The summed E-state index contributed by atoms with van der Waals surface area (Å²) in [5.41, 5.74) is 4.80. The molecular formula is C18H20N3O3S2-. The number of aromatic nitrogens is 1. The molecule has 0 aliphatic heterocycles. The highest BCUT2D eigenvalue weighted by atomic mass is 32.2. The summed E-state index contributed by atoms with van der Waals surface area (Å²) in [5.74, 6) is 0. The van der Waals surface area contributed by atoms with E-state index in [9.17, 15) is 14.1 Å². The lowest BCUT2D eigenvalue weighted by atomic mass is 9.83. The highest BCUT2D eigenvalue weighted by Crippen LogP contribution is 2.39. The molecule has 0 saturated heterocycles. The monoisotopic (exact) mass is 390 g/mol. The molecule has 2 amide bonds. The van der Waals surface area contributed by atoms with E-state index in [4.69, 9.17) is 0 Å². The third-order valence-electron chi connectivity index (χ3n) is 4.82. The van der Waals surface area contributed by atoms with Crippen LogP contribution >= 0.6 is 11.3 Å². The van der Waals surface area contributed by atoms with Crippen LogP contribution in [0.2, 0.25) is 0 Å². The highest BCUT2D eigenvalue weighted by Gasteiger charge is 2.26. The molecular weight excluding hydrogens is 370 g/mol. The Balaban J connectivity index is 1.57. The van der Waals surface area contributed by atoms with Crippen molar-refractivity contribution in [1.82, 2.24) is 4.98 Å². The van der Waals surface area contributed by atoms with Gasteiger partial charge in [0.2, 0.25) is 0 Å². The van der Waals surface area contributed by atoms with Gasteiger partial charge in [0.1, 0.15) is 10.6 Å². The second-order valence-corrected chi connectivity index (χ2v) is 9.60. The first-order chi connectivity index (χ1) is 12.3. The van der Waals surface area contributed by atoms with Gasteiger partial charge >= 0.3 is 6.03 Å². The fourth-order valence-electron chi connectivity index (χ4n) is 3.47. The number of thiazole rings is 1. The summed E-state index contributed by atoms with van der Waals surface area (Å²) in [6.45, 7) is 3.21. The molecule has 2 N–H and O–H groups in total. The van der Waals surface area contributed by atoms with E-state index in [-0.39, 0.29) is 0 Å². The number of aliphatic hydroxyl groups is 1. The van der Waals surface area contributed by atoms with Gasteiger partial charge in [0.25, 0.3) is 0 Å². The Hall–Kier alpha value is -1.77. The molecule has 138 valence electrons. The summed E-state index contributed by atoms with van der Waals surface area (Å²) in [6.07, 6.45) is 6.53. The van der Waals surface area contributed by atoms with E-state index in [1.807, 2.05) is 0 Å². The van der Waals surface area contributed by atoms with Gasteiger partial charge in [-0.15, -0.1) is 21.9 Å². The third-order valence-corrected chi connectivity index (χ3v) is 7.39. The zero-order valence-corrected chi connectivity index (χ0v) is 16.3. The Kier molecular flexibility index (Phi) is 4.37. The van der Waals surface area contributed by atoms with Crippen molar-refractivity contribution >= 4 is 33.7 Å². The molecule has 4 rings (SSSR count). The number of amides is 2. The predicted molar refractivity (Wildman–Crippen MR) is 101 cm³/mol. The third kappa shape index (κ3) is 3.17. The average molecular weight is 391 g/mol. The smallest absolute Gasteiger partial charge is 0.322 e. The van der Waals surface area contributed by atoms with E-state index >= 15 is 0 Å². The molecule has 0 saturated carbocycles.